The van der Waals surface area contributed by atoms with Crippen LogP contribution in [0.2, 0.25) is 0 Å². The molecule has 1 saturated heterocycles. The smallest absolute Gasteiger partial charge is 0.0119 e. The molecule has 0 atom stereocenters. The highest BCUT2D eigenvalue weighted by Gasteiger charge is 2.18. The molecule has 0 unspecified atom stereocenters. The van der Waals surface area contributed by atoms with Crippen molar-refractivity contribution in [3.8, 4) is 0 Å². The van der Waals surface area contributed by atoms with Gasteiger partial charge >= 0.3 is 0 Å². The number of nitrogens with one attached hydrogen (secondary N) is 1. The normalized spacial score (nSPS) is 19.0. The van der Waals surface area contributed by atoms with Crippen LogP contribution in [0.4, 0.5) is 0 Å². The predicted molar refractivity (Wildman–Crippen MR) is 67.2 cm³/mol. The van der Waals surface area contributed by atoms with E-state index >= 15 is 0 Å². The summed E-state index contributed by atoms with van der Waals surface area (Å²) in [4.78, 5) is 2.68. The second kappa shape index (κ2) is 7.24. The molecule has 90 valence electrons. The van der Waals surface area contributed by atoms with Gasteiger partial charge in [0, 0.05) is 6.04 Å². The first-order valence-corrected chi connectivity index (χ1v) is 6.68. The molecule has 1 N–H and O–H groups in total. The molecule has 0 aromatic rings. The molecule has 2 nitrogen and oxygen atoms in total. The average molecular weight is 212 g/mol. The van der Waals surface area contributed by atoms with E-state index in [1.165, 1.54) is 51.9 Å². The van der Waals surface area contributed by atoms with Crippen LogP contribution in [-0.2, 0) is 0 Å². The van der Waals surface area contributed by atoms with E-state index in [1.54, 1.807) is 0 Å². The van der Waals surface area contributed by atoms with Gasteiger partial charge in [-0.1, -0.05) is 20.8 Å². The van der Waals surface area contributed by atoms with Gasteiger partial charge in [0.15, 0.2) is 0 Å². The van der Waals surface area contributed by atoms with Crippen molar-refractivity contribution >= 4 is 0 Å². The molecular weight excluding hydrogens is 184 g/mol. The van der Waals surface area contributed by atoms with E-state index in [4.69, 9.17) is 0 Å². The molecular formula is C13H28N2. The maximum Gasteiger partial charge on any atom is 0.0119 e. The van der Waals surface area contributed by atoms with Gasteiger partial charge in [0.05, 0.1) is 0 Å². The Balaban J connectivity index is 2.21. The van der Waals surface area contributed by atoms with Crippen LogP contribution in [0, 0.1) is 5.92 Å². The summed E-state index contributed by atoms with van der Waals surface area (Å²) in [6, 6.07) is 0.850. The largest absolute Gasteiger partial charge is 0.317 e. The summed E-state index contributed by atoms with van der Waals surface area (Å²) in [5, 5.41) is 3.44. The molecule has 1 aliphatic heterocycles. The van der Waals surface area contributed by atoms with E-state index in [0.717, 1.165) is 12.0 Å². The van der Waals surface area contributed by atoms with Gasteiger partial charge in [-0.15, -0.1) is 0 Å². The molecule has 1 fully saturated rings. The molecule has 0 aromatic heterocycles. The lowest BCUT2D eigenvalue weighted by atomic mass is 10.0. The van der Waals surface area contributed by atoms with Crippen molar-refractivity contribution in [2.24, 2.45) is 5.92 Å². The van der Waals surface area contributed by atoms with Crippen molar-refractivity contribution in [1.82, 2.24) is 10.2 Å². The van der Waals surface area contributed by atoms with E-state index in [9.17, 15) is 0 Å². The van der Waals surface area contributed by atoms with Crippen molar-refractivity contribution in [1.29, 1.82) is 0 Å². The first-order chi connectivity index (χ1) is 7.24. The van der Waals surface area contributed by atoms with Gasteiger partial charge in [0.2, 0.25) is 0 Å². The third-order valence-corrected chi connectivity index (χ3v) is 3.46. The van der Waals surface area contributed by atoms with Gasteiger partial charge in [-0.05, 0) is 57.8 Å². The molecule has 0 saturated carbocycles. The Bertz CT molecular complexity index is 151. The Hall–Kier alpha value is -0.0800. The number of rotatable bonds is 6. The van der Waals surface area contributed by atoms with Gasteiger partial charge in [-0.2, -0.15) is 0 Å². The monoisotopic (exact) mass is 212 g/mol. The van der Waals surface area contributed by atoms with Crippen molar-refractivity contribution < 1.29 is 0 Å². The minimum Gasteiger partial charge on any atom is -0.317 e. The van der Waals surface area contributed by atoms with Crippen LogP contribution in [0.15, 0.2) is 0 Å². The highest BCUT2D eigenvalue weighted by atomic mass is 15.2. The fourth-order valence-corrected chi connectivity index (χ4v) is 2.47. The average Bonchev–Trinajstić information content (AvgIpc) is 2.25. The summed E-state index contributed by atoms with van der Waals surface area (Å²) >= 11 is 0. The van der Waals surface area contributed by atoms with E-state index < -0.39 is 0 Å². The van der Waals surface area contributed by atoms with Gasteiger partial charge in [0.25, 0.3) is 0 Å². The van der Waals surface area contributed by atoms with Crippen molar-refractivity contribution in [3.05, 3.63) is 0 Å². The molecule has 0 bridgehead atoms. The van der Waals surface area contributed by atoms with Crippen LogP contribution in [0.25, 0.3) is 0 Å². The van der Waals surface area contributed by atoms with Gasteiger partial charge in [0.1, 0.15) is 0 Å². The van der Waals surface area contributed by atoms with Gasteiger partial charge in [-0.25, -0.2) is 0 Å². The van der Waals surface area contributed by atoms with E-state index in [0.29, 0.717) is 0 Å². The Labute approximate surface area is 95.4 Å². The molecule has 15 heavy (non-hydrogen) atoms. The summed E-state index contributed by atoms with van der Waals surface area (Å²) < 4.78 is 0. The van der Waals surface area contributed by atoms with Crippen LogP contribution in [0.3, 0.4) is 0 Å². The van der Waals surface area contributed by atoms with E-state index in [1.807, 2.05) is 0 Å². The Kier molecular flexibility index (Phi) is 6.26. The third kappa shape index (κ3) is 4.98. The predicted octanol–water partition coefficient (Wildman–Crippen LogP) is 2.50. The van der Waals surface area contributed by atoms with Crippen LogP contribution in [0.1, 0.15) is 46.5 Å². The molecule has 0 amide bonds. The summed E-state index contributed by atoms with van der Waals surface area (Å²) in [7, 11) is 0. The molecule has 0 aliphatic carbocycles. The lowest BCUT2D eigenvalue weighted by molar-refractivity contribution is 0.165. The Morgan fingerprint density at radius 1 is 1.27 bits per heavy atom. The molecule has 0 spiro atoms. The maximum absolute atomic E-state index is 3.44. The number of hydrogen-bond donors (Lipinski definition) is 1. The first kappa shape index (κ1) is 13.0. The van der Waals surface area contributed by atoms with Crippen LogP contribution < -0.4 is 5.32 Å². The van der Waals surface area contributed by atoms with Gasteiger partial charge < -0.3 is 10.2 Å². The first-order valence-electron chi connectivity index (χ1n) is 6.68. The van der Waals surface area contributed by atoms with Crippen LogP contribution >= 0.6 is 0 Å². The molecule has 1 rings (SSSR count). The summed E-state index contributed by atoms with van der Waals surface area (Å²) in [6.45, 7) is 11.9. The van der Waals surface area contributed by atoms with Crippen molar-refractivity contribution in [2.45, 2.75) is 52.5 Å². The van der Waals surface area contributed by atoms with E-state index in [2.05, 4.69) is 31.0 Å². The minimum absolute atomic E-state index is 0.850. The summed E-state index contributed by atoms with van der Waals surface area (Å²) in [5.74, 6) is 0.858. The highest BCUT2D eigenvalue weighted by Crippen LogP contribution is 2.13. The lowest BCUT2D eigenvalue weighted by Gasteiger charge is -2.34. The van der Waals surface area contributed by atoms with Crippen molar-refractivity contribution in [3.63, 3.8) is 0 Å². The van der Waals surface area contributed by atoms with Crippen LogP contribution in [-0.4, -0.2) is 37.1 Å². The topological polar surface area (TPSA) is 15.3 Å². The van der Waals surface area contributed by atoms with E-state index in [-0.39, 0.29) is 0 Å². The zero-order valence-electron chi connectivity index (χ0n) is 10.8. The zero-order chi connectivity index (χ0) is 11.1. The third-order valence-electron chi connectivity index (χ3n) is 3.46. The van der Waals surface area contributed by atoms with Gasteiger partial charge in [-0.3, -0.25) is 0 Å². The SMILES string of the molecule is CCN(CCCC(C)C)C1CCNCC1. The maximum atomic E-state index is 3.44. The standard InChI is InChI=1S/C13H28N2/c1-4-15(11-5-6-12(2)3)13-7-9-14-10-8-13/h12-14H,4-11H2,1-3H3. The minimum atomic E-state index is 0.850. The molecule has 0 aromatic carbocycles. The zero-order valence-corrected chi connectivity index (χ0v) is 10.8. The second-order valence-electron chi connectivity index (χ2n) is 5.15. The number of piperidine rings is 1. The van der Waals surface area contributed by atoms with Crippen molar-refractivity contribution in [2.75, 3.05) is 26.2 Å². The highest BCUT2D eigenvalue weighted by molar-refractivity contribution is 4.77. The molecule has 0 radical (unpaired) electrons. The molecule has 1 aliphatic rings. The number of nitrogens with zero attached hydrogens (tertiary/aromatic N) is 1. The Morgan fingerprint density at radius 3 is 2.47 bits per heavy atom. The fraction of sp³-hybridized carbons (Fsp3) is 1.00. The number of hydrogen-bond acceptors (Lipinski definition) is 2. The molecule has 2 heteroatoms. The summed E-state index contributed by atoms with van der Waals surface area (Å²) in [6.07, 6.45) is 5.43. The quantitative estimate of drug-likeness (QED) is 0.728. The fourth-order valence-electron chi connectivity index (χ4n) is 2.47. The summed E-state index contributed by atoms with van der Waals surface area (Å²) in [5.41, 5.74) is 0. The Morgan fingerprint density at radius 2 is 1.93 bits per heavy atom. The lowest BCUT2D eigenvalue weighted by Crippen LogP contribution is -2.43. The second-order valence-corrected chi connectivity index (χ2v) is 5.15. The van der Waals surface area contributed by atoms with Crippen LogP contribution in [0.5, 0.6) is 0 Å². The molecule has 1 heterocycles.